The molecule has 0 aliphatic carbocycles. The van der Waals surface area contributed by atoms with Gasteiger partial charge >= 0.3 is 13.6 Å². The Kier molecular flexibility index (Phi) is 6.54. The van der Waals surface area contributed by atoms with E-state index in [4.69, 9.17) is 20.6 Å². The third-order valence-corrected chi connectivity index (χ3v) is 3.25. The number of carboxylic acid groups (broad SMARTS) is 1. The van der Waals surface area contributed by atoms with Crippen LogP contribution in [0.4, 0.5) is 0 Å². The summed E-state index contributed by atoms with van der Waals surface area (Å²) in [5, 5.41) is 18.5. The number of hydrogen-bond donors (Lipinski definition) is 5. The molecule has 1 unspecified atom stereocenters. The van der Waals surface area contributed by atoms with Crippen LogP contribution in [0.5, 0.6) is 0 Å². The van der Waals surface area contributed by atoms with Gasteiger partial charge in [0.05, 0.1) is 0 Å². The third-order valence-electron chi connectivity index (χ3n) is 2.11. The molecule has 0 saturated heterocycles. The van der Waals surface area contributed by atoms with Crippen LogP contribution in [0.1, 0.15) is 12.8 Å². The van der Waals surface area contributed by atoms with E-state index in [-0.39, 0.29) is 18.0 Å². The monoisotopic (exact) mass is 268 g/mol. The topological polar surface area (TPSA) is 144 Å². The minimum atomic E-state index is -4.69. The second-order valence-corrected chi connectivity index (χ2v) is 5.11. The molecule has 0 amide bonds. The lowest BCUT2D eigenvalue weighted by Gasteiger charge is -2.28. The minimum Gasteiger partial charge on any atom is -0.480 e. The van der Waals surface area contributed by atoms with Crippen molar-refractivity contribution in [1.29, 1.82) is 0 Å². The first-order valence-electron chi connectivity index (χ1n) is 4.83. The first kappa shape index (κ1) is 16.2. The van der Waals surface area contributed by atoms with Gasteiger partial charge in [-0.3, -0.25) is 9.36 Å². The van der Waals surface area contributed by atoms with Gasteiger partial charge in [0.1, 0.15) is 6.04 Å². The summed E-state index contributed by atoms with van der Waals surface area (Å²) in [5.41, 5.74) is 5.20. The van der Waals surface area contributed by atoms with Gasteiger partial charge in [0.15, 0.2) is 5.78 Å². The fraction of sp³-hybridized carbons (Fsp3) is 0.625. The molecule has 9 heteroatoms. The van der Waals surface area contributed by atoms with Crippen molar-refractivity contribution in [3.05, 3.63) is 12.7 Å². The predicted octanol–water partition coefficient (Wildman–Crippen LogP) is -0.440. The molecule has 0 aromatic rings. The number of nitrogens with zero attached hydrogens (tertiary/aromatic N) is 1. The number of hydroxylamine groups is 2. The molecule has 8 nitrogen and oxygen atoms in total. The summed E-state index contributed by atoms with van der Waals surface area (Å²) < 4.78 is 11.0. The highest BCUT2D eigenvalue weighted by atomic mass is 31.2. The fourth-order valence-electron chi connectivity index (χ4n) is 1.26. The van der Waals surface area contributed by atoms with Crippen LogP contribution in [-0.4, -0.2) is 49.5 Å². The summed E-state index contributed by atoms with van der Waals surface area (Å²) in [4.78, 5) is 28.7. The van der Waals surface area contributed by atoms with Gasteiger partial charge in [-0.25, -0.2) is 0 Å². The first-order valence-corrected chi connectivity index (χ1v) is 6.51. The molecule has 0 aromatic carbocycles. The maximum atomic E-state index is 11.0. The van der Waals surface area contributed by atoms with Gasteiger partial charge in [0.2, 0.25) is 0 Å². The van der Waals surface area contributed by atoms with Gasteiger partial charge in [-0.1, -0.05) is 6.08 Å². The quantitative estimate of drug-likeness (QED) is 0.226. The van der Waals surface area contributed by atoms with E-state index in [2.05, 4.69) is 6.58 Å². The van der Waals surface area contributed by atoms with Gasteiger partial charge < -0.3 is 25.8 Å². The largest absolute Gasteiger partial charge is 0.480 e. The predicted molar refractivity (Wildman–Crippen MR) is 59.4 cm³/mol. The van der Waals surface area contributed by atoms with Crippen molar-refractivity contribution in [2.45, 2.75) is 24.7 Å². The van der Waals surface area contributed by atoms with E-state index in [1.54, 1.807) is 0 Å². The molecule has 0 rings (SSSR count). The molecular formula is C8H17N2O6P. The zero-order chi connectivity index (χ0) is 13.6. The lowest BCUT2D eigenvalue weighted by molar-refractivity contribution is -0.172. The maximum Gasteiger partial charge on any atom is 0.348 e. The van der Waals surface area contributed by atoms with Gasteiger partial charge in [-0.05, 0) is 19.4 Å². The van der Waals surface area contributed by atoms with E-state index in [1.165, 1.54) is 0 Å². The molecule has 0 aliphatic heterocycles. The smallest absolute Gasteiger partial charge is 0.348 e. The molecule has 0 aliphatic rings. The van der Waals surface area contributed by atoms with Crippen LogP contribution in [0, 0.1) is 0 Å². The Bertz CT molecular complexity index is 317. The zero-order valence-electron chi connectivity index (χ0n) is 9.14. The van der Waals surface area contributed by atoms with Crippen molar-refractivity contribution in [1.82, 2.24) is 5.06 Å². The Morgan fingerprint density at radius 3 is 2.35 bits per heavy atom. The normalized spacial score (nSPS) is 15.6. The lowest BCUT2D eigenvalue weighted by Crippen LogP contribution is -2.44. The standard InChI is InChI=1S/C8H17N2O6P/c1-2-7(17(14,15)16)10(13)6(8(11)12)4-3-5-9/h2,6-7,13H,1,3-5,9H2,(H,11,12)(H2,14,15,16)/t6-,7?/m0/s1. The van der Waals surface area contributed by atoms with Gasteiger partial charge in [-0.2, -0.15) is 5.06 Å². The summed E-state index contributed by atoms with van der Waals surface area (Å²) in [5.74, 6) is -3.14. The summed E-state index contributed by atoms with van der Waals surface area (Å²) in [6.07, 6.45) is 1.09. The van der Waals surface area contributed by atoms with Gasteiger partial charge in [0.25, 0.3) is 0 Å². The average molecular weight is 268 g/mol. The molecule has 6 N–H and O–H groups in total. The minimum absolute atomic E-state index is 0.0212. The summed E-state index contributed by atoms with van der Waals surface area (Å²) >= 11 is 0. The lowest BCUT2D eigenvalue weighted by atomic mass is 10.1. The number of hydrogen-bond acceptors (Lipinski definition) is 5. The molecule has 0 aromatic heterocycles. The van der Waals surface area contributed by atoms with Crippen molar-refractivity contribution < 1.29 is 29.5 Å². The molecule has 0 saturated carbocycles. The molecule has 0 heterocycles. The van der Waals surface area contributed by atoms with Crippen molar-refractivity contribution in [3.8, 4) is 0 Å². The molecule has 100 valence electrons. The van der Waals surface area contributed by atoms with E-state index in [9.17, 15) is 14.6 Å². The van der Waals surface area contributed by atoms with Gasteiger partial charge in [-0.15, -0.1) is 6.58 Å². The molecular weight excluding hydrogens is 251 g/mol. The Morgan fingerprint density at radius 1 is 1.53 bits per heavy atom. The first-order chi connectivity index (χ1) is 7.75. The van der Waals surface area contributed by atoms with Crippen LogP contribution in [0.3, 0.4) is 0 Å². The van der Waals surface area contributed by atoms with Crippen LogP contribution >= 0.6 is 7.60 Å². The highest BCUT2D eigenvalue weighted by molar-refractivity contribution is 7.52. The average Bonchev–Trinajstić information content (AvgIpc) is 2.16. The van der Waals surface area contributed by atoms with Crippen molar-refractivity contribution in [3.63, 3.8) is 0 Å². The highest BCUT2D eigenvalue weighted by Gasteiger charge is 2.38. The number of rotatable bonds is 8. The van der Waals surface area contributed by atoms with Crippen LogP contribution in [0.15, 0.2) is 12.7 Å². The van der Waals surface area contributed by atoms with Crippen LogP contribution in [-0.2, 0) is 9.36 Å². The number of nitrogens with two attached hydrogens (primary N) is 1. The number of carbonyl (C=O) groups is 1. The Labute approximate surface area is 98.5 Å². The van der Waals surface area contributed by atoms with Crippen molar-refractivity contribution in [2.75, 3.05) is 6.54 Å². The molecule has 17 heavy (non-hydrogen) atoms. The molecule has 0 fully saturated rings. The zero-order valence-corrected chi connectivity index (χ0v) is 10.0. The van der Waals surface area contributed by atoms with Crippen molar-refractivity contribution >= 4 is 13.6 Å². The van der Waals surface area contributed by atoms with Crippen molar-refractivity contribution in [2.24, 2.45) is 5.73 Å². The second-order valence-electron chi connectivity index (χ2n) is 3.40. The maximum absolute atomic E-state index is 11.0. The number of aliphatic carboxylic acids is 1. The van der Waals surface area contributed by atoms with E-state index >= 15 is 0 Å². The Morgan fingerprint density at radius 2 is 2.06 bits per heavy atom. The Hall–Kier alpha value is -0.760. The summed E-state index contributed by atoms with van der Waals surface area (Å²) in [6.45, 7) is 3.37. The Balaban J connectivity index is 4.92. The van der Waals surface area contributed by atoms with Crippen LogP contribution < -0.4 is 5.73 Å². The molecule has 0 bridgehead atoms. The third kappa shape index (κ3) is 4.95. The van der Waals surface area contributed by atoms with E-state index < -0.39 is 25.4 Å². The van der Waals surface area contributed by atoms with Crippen LogP contribution in [0.2, 0.25) is 0 Å². The SMILES string of the molecule is C=CC(N(O)[C@@H](CCCN)C(=O)O)P(=O)(O)O. The van der Waals surface area contributed by atoms with Gasteiger partial charge in [0, 0.05) is 0 Å². The molecule has 0 spiro atoms. The fourth-order valence-corrected chi connectivity index (χ4v) is 2.01. The van der Waals surface area contributed by atoms with E-state index in [0.717, 1.165) is 6.08 Å². The summed E-state index contributed by atoms with van der Waals surface area (Å²) in [6, 6.07) is -1.44. The second kappa shape index (κ2) is 6.85. The van der Waals surface area contributed by atoms with E-state index in [0.29, 0.717) is 6.42 Å². The molecule has 2 atom stereocenters. The van der Waals surface area contributed by atoms with E-state index in [1.807, 2.05) is 0 Å². The summed E-state index contributed by atoms with van der Waals surface area (Å²) in [7, 11) is -4.69. The highest BCUT2D eigenvalue weighted by Crippen LogP contribution is 2.43. The molecule has 0 radical (unpaired) electrons. The van der Waals surface area contributed by atoms with Crippen LogP contribution in [0.25, 0.3) is 0 Å². The number of carboxylic acids is 1.